The van der Waals surface area contributed by atoms with Gasteiger partial charge in [0.2, 0.25) is 0 Å². The van der Waals surface area contributed by atoms with Gasteiger partial charge in [0.1, 0.15) is 31.3 Å². The molecule has 1 amide bonds. The molecule has 10 nitrogen and oxygen atoms in total. The number of ether oxygens (including phenoxy) is 3. The molecule has 0 N–H and O–H groups in total. The highest BCUT2D eigenvalue weighted by Crippen LogP contribution is 2.10. The molecule has 0 unspecified atom stereocenters. The van der Waals surface area contributed by atoms with Crippen molar-refractivity contribution in [1.82, 2.24) is 4.90 Å². The Kier molecular flexibility index (Phi) is 9.80. The lowest BCUT2D eigenvalue weighted by Gasteiger charge is -2.20. The Morgan fingerprint density at radius 2 is 1.77 bits per heavy atom. The largest absolute Gasteiger partial charge is 0.458 e. The van der Waals surface area contributed by atoms with E-state index in [0.29, 0.717) is 0 Å². The van der Waals surface area contributed by atoms with E-state index in [9.17, 15) is 14.4 Å². The summed E-state index contributed by atoms with van der Waals surface area (Å²) in [6.45, 7) is 6.45. The van der Waals surface area contributed by atoms with E-state index >= 15 is 0 Å². The molecule has 0 spiro atoms. The summed E-state index contributed by atoms with van der Waals surface area (Å²) in [5.41, 5.74) is 9.28. The molecule has 10 heteroatoms. The van der Waals surface area contributed by atoms with Crippen molar-refractivity contribution in [3.05, 3.63) is 45.8 Å². The Labute approximate surface area is 175 Å². The van der Waals surface area contributed by atoms with Crippen LogP contribution in [-0.4, -0.2) is 54.8 Å². The molecule has 164 valence electrons. The minimum Gasteiger partial charge on any atom is -0.458 e. The van der Waals surface area contributed by atoms with Gasteiger partial charge in [-0.05, 0) is 44.4 Å². The minimum atomic E-state index is -0.719. The third-order valence-corrected chi connectivity index (χ3v) is 3.69. The normalized spacial score (nSPS) is 11.8. The van der Waals surface area contributed by atoms with Crippen LogP contribution in [0.2, 0.25) is 0 Å². The molecule has 0 heterocycles. The molecular weight excluding hydrogens is 392 g/mol. The lowest BCUT2D eigenvalue weighted by Crippen LogP contribution is -2.32. The quantitative estimate of drug-likeness (QED) is 0.187. The van der Waals surface area contributed by atoms with Crippen LogP contribution in [0.15, 0.2) is 29.4 Å². The van der Waals surface area contributed by atoms with Crippen LogP contribution in [0.3, 0.4) is 0 Å². The number of Topliss-reactive ketones (excluding diaryl/α,β-unsaturated/α-hetero) is 1. The molecule has 0 bridgehead atoms. The lowest BCUT2D eigenvalue weighted by atomic mass is 10.0. The van der Waals surface area contributed by atoms with Gasteiger partial charge in [-0.3, -0.25) is 9.69 Å². The highest BCUT2D eigenvalue weighted by molar-refractivity contribution is 5.85. The van der Waals surface area contributed by atoms with Crippen molar-refractivity contribution in [3.63, 3.8) is 0 Å². The van der Waals surface area contributed by atoms with Gasteiger partial charge in [0.05, 0.1) is 6.04 Å². The van der Waals surface area contributed by atoms with Gasteiger partial charge < -0.3 is 14.2 Å². The van der Waals surface area contributed by atoms with Crippen molar-refractivity contribution in [1.29, 1.82) is 0 Å². The van der Waals surface area contributed by atoms with E-state index in [0.717, 1.165) is 11.1 Å². The van der Waals surface area contributed by atoms with Crippen LogP contribution in [0.1, 0.15) is 38.8 Å². The number of hydrogen-bond donors (Lipinski definition) is 0. The first-order chi connectivity index (χ1) is 14.0. The van der Waals surface area contributed by atoms with E-state index in [1.165, 1.54) is 11.9 Å². The van der Waals surface area contributed by atoms with E-state index in [-0.39, 0.29) is 32.1 Å². The SMILES string of the molecule is C[C@H](N=[N+]=[N-])C(=O)Cc1ccc(COC(=O)N(C)COCC(=O)OC(C)(C)C)cc1. The summed E-state index contributed by atoms with van der Waals surface area (Å²) < 4.78 is 15.4. The molecule has 0 saturated carbocycles. The molecule has 0 radical (unpaired) electrons. The van der Waals surface area contributed by atoms with Crippen molar-refractivity contribution in [3.8, 4) is 0 Å². The third kappa shape index (κ3) is 9.90. The summed E-state index contributed by atoms with van der Waals surface area (Å²) >= 11 is 0. The molecule has 1 atom stereocenters. The second-order valence-electron chi connectivity index (χ2n) is 7.66. The zero-order chi connectivity index (χ0) is 22.7. The zero-order valence-electron chi connectivity index (χ0n) is 18.0. The van der Waals surface area contributed by atoms with Gasteiger partial charge in [-0.25, -0.2) is 9.59 Å². The zero-order valence-corrected chi connectivity index (χ0v) is 18.0. The Bertz CT molecular complexity index is 781. The van der Waals surface area contributed by atoms with Gasteiger partial charge >= 0.3 is 12.1 Å². The Balaban J connectivity index is 2.39. The van der Waals surface area contributed by atoms with Crippen molar-refractivity contribution >= 4 is 17.8 Å². The lowest BCUT2D eigenvalue weighted by molar-refractivity contribution is -0.161. The molecule has 1 aromatic carbocycles. The number of benzene rings is 1. The van der Waals surface area contributed by atoms with Gasteiger partial charge in [-0.2, -0.15) is 0 Å². The number of rotatable bonds is 10. The second-order valence-corrected chi connectivity index (χ2v) is 7.66. The maximum atomic E-state index is 12.0. The van der Waals surface area contributed by atoms with E-state index < -0.39 is 23.7 Å². The standard InChI is InChI=1S/C20H28N4O6/c1-14(22-23-21)17(25)10-15-6-8-16(9-7-15)11-29-19(27)24(5)13-28-12-18(26)30-20(2,3)4/h6-9,14H,10-13H2,1-5H3/t14-/m0/s1. The molecule has 0 saturated heterocycles. The number of amides is 1. The number of esters is 1. The van der Waals surface area contributed by atoms with Crippen LogP contribution in [0.4, 0.5) is 4.79 Å². The van der Waals surface area contributed by atoms with E-state index in [2.05, 4.69) is 10.0 Å². The second kappa shape index (κ2) is 11.8. The summed E-state index contributed by atoms with van der Waals surface area (Å²) in [6.07, 6.45) is -0.459. The van der Waals surface area contributed by atoms with Gasteiger partial charge in [-0.15, -0.1) is 0 Å². The van der Waals surface area contributed by atoms with Crippen molar-refractivity contribution < 1.29 is 28.6 Å². The van der Waals surface area contributed by atoms with Crippen LogP contribution in [-0.2, 0) is 36.8 Å². The third-order valence-electron chi connectivity index (χ3n) is 3.69. The predicted octanol–water partition coefficient (Wildman–Crippen LogP) is 3.38. The molecule has 1 aromatic rings. The monoisotopic (exact) mass is 420 g/mol. The Hall–Kier alpha value is -3.10. The smallest absolute Gasteiger partial charge is 0.411 e. The van der Waals surface area contributed by atoms with Crippen LogP contribution >= 0.6 is 0 Å². The highest BCUT2D eigenvalue weighted by atomic mass is 16.6. The summed E-state index contributed by atoms with van der Waals surface area (Å²) in [7, 11) is 1.48. The molecule has 0 aromatic heterocycles. The molecular formula is C20H28N4O6. The topological polar surface area (TPSA) is 131 Å². The fourth-order valence-electron chi connectivity index (χ4n) is 2.19. The summed E-state index contributed by atoms with van der Waals surface area (Å²) in [4.78, 5) is 39.3. The van der Waals surface area contributed by atoms with Gasteiger partial charge in [0.15, 0.2) is 0 Å². The summed E-state index contributed by atoms with van der Waals surface area (Å²) in [5, 5.41) is 3.38. The number of azide groups is 1. The molecule has 0 aliphatic rings. The van der Waals surface area contributed by atoms with Crippen LogP contribution in [0.25, 0.3) is 10.4 Å². The number of carbonyl (C=O) groups excluding carboxylic acids is 3. The van der Waals surface area contributed by atoms with E-state index in [1.54, 1.807) is 52.0 Å². The van der Waals surface area contributed by atoms with Crippen molar-refractivity contribution in [2.24, 2.45) is 5.11 Å². The molecule has 0 aliphatic carbocycles. The first-order valence-electron chi connectivity index (χ1n) is 9.34. The van der Waals surface area contributed by atoms with Crippen LogP contribution < -0.4 is 0 Å². The number of ketones is 1. The van der Waals surface area contributed by atoms with Gasteiger partial charge in [0.25, 0.3) is 0 Å². The van der Waals surface area contributed by atoms with Gasteiger partial charge in [-0.1, -0.05) is 29.4 Å². The molecule has 0 aliphatic heterocycles. The highest BCUT2D eigenvalue weighted by Gasteiger charge is 2.17. The van der Waals surface area contributed by atoms with E-state index in [4.69, 9.17) is 19.7 Å². The fraction of sp³-hybridized carbons (Fsp3) is 0.550. The van der Waals surface area contributed by atoms with Crippen LogP contribution in [0, 0.1) is 0 Å². The first kappa shape index (κ1) is 24.9. The number of hydrogen-bond acceptors (Lipinski definition) is 7. The summed E-state index contributed by atoms with van der Waals surface area (Å²) in [5.74, 6) is -0.698. The average molecular weight is 420 g/mol. The predicted molar refractivity (Wildman–Crippen MR) is 108 cm³/mol. The van der Waals surface area contributed by atoms with E-state index in [1.807, 2.05) is 0 Å². The number of carbonyl (C=O) groups is 3. The maximum Gasteiger partial charge on any atom is 0.411 e. The average Bonchev–Trinajstić information content (AvgIpc) is 2.65. The van der Waals surface area contributed by atoms with Crippen molar-refractivity contribution in [2.75, 3.05) is 20.4 Å². The fourth-order valence-corrected chi connectivity index (χ4v) is 2.19. The van der Waals surface area contributed by atoms with Crippen molar-refractivity contribution in [2.45, 2.75) is 52.4 Å². The Morgan fingerprint density at radius 3 is 2.33 bits per heavy atom. The molecule has 1 rings (SSSR count). The molecule has 0 fully saturated rings. The maximum absolute atomic E-state index is 12.0. The minimum absolute atomic E-state index is 0.0403. The first-order valence-corrected chi connectivity index (χ1v) is 9.34. The Morgan fingerprint density at radius 1 is 1.17 bits per heavy atom. The summed E-state index contributed by atoms with van der Waals surface area (Å²) in [6, 6.07) is 6.26. The number of nitrogens with zero attached hydrogens (tertiary/aromatic N) is 4. The van der Waals surface area contributed by atoms with Gasteiger partial charge in [0, 0.05) is 18.4 Å². The van der Waals surface area contributed by atoms with Crippen LogP contribution in [0.5, 0.6) is 0 Å². The molecule has 30 heavy (non-hydrogen) atoms.